The van der Waals surface area contributed by atoms with Crippen molar-refractivity contribution in [1.29, 1.82) is 0 Å². The number of aromatic nitrogens is 2. The smallest absolute Gasteiger partial charge is 0.384 e. The van der Waals surface area contributed by atoms with Crippen LogP contribution in [0.4, 0.5) is 24.7 Å². The van der Waals surface area contributed by atoms with Crippen LogP contribution < -0.4 is 11.1 Å². The first-order valence-corrected chi connectivity index (χ1v) is 7.79. The van der Waals surface area contributed by atoms with Gasteiger partial charge in [-0.15, -0.1) is 0 Å². The van der Waals surface area contributed by atoms with E-state index in [4.69, 9.17) is 5.73 Å². The lowest BCUT2D eigenvalue weighted by atomic mass is 10.1. The quantitative estimate of drug-likeness (QED) is 0.647. The van der Waals surface area contributed by atoms with Gasteiger partial charge in [-0.3, -0.25) is 4.79 Å². The Kier molecular flexibility index (Phi) is 5.33. The normalized spacial score (nSPS) is 12.7. The summed E-state index contributed by atoms with van der Waals surface area (Å²) >= 11 is 1.02. The molecule has 0 aliphatic heterocycles. The van der Waals surface area contributed by atoms with Gasteiger partial charge in [0.1, 0.15) is 5.82 Å². The number of para-hydroxylation sites is 1. The molecule has 128 valence electrons. The van der Waals surface area contributed by atoms with Gasteiger partial charge in [0.25, 0.3) is 0 Å². The SMILES string of the molecule is Cc1cc(N)nc(SC(C)C(=O)Nc2ccccc2C(F)(F)F)n1. The lowest BCUT2D eigenvalue weighted by Crippen LogP contribution is -2.24. The molecule has 3 N–H and O–H groups in total. The number of thioether (sulfide) groups is 1. The second-order valence-corrected chi connectivity index (χ2v) is 6.32. The summed E-state index contributed by atoms with van der Waals surface area (Å²) in [5.41, 5.74) is 5.07. The molecule has 0 aliphatic rings. The van der Waals surface area contributed by atoms with Crippen molar-refractivity contribution in [2.75, 3.05) is 11.1 Å². The monoisotopic (exact) mass is 356 g/mol. The van der Waals surface area contributed by atoms with Gasteiger partial charge < -0.3 is 11.1 Å². The number of hydrogen-bond acceptors (Lipinski definition) is 5. The van der Waals surface area contributed by atoms with Gasteiger partial charge in [-0.2, -0.15) is 13.2 Å². The van der Waals surface area contributed by atoms with Gasteiger partial charge in [-0.1, -0.05) is 23.9 Å². The molecule has 0 bridgehead atoms. The molecule has 0 fully saturated rings. The van der Waals surface area contributed by atoms with Gasteiger partial charge in [0.15, 0.2) is 5.16 Å². The molecule has 1 amide bonds. The zero-order valence-electron chi connectivity index (χ0n) is 12.9. The summed E-state index contributed by atoms with van der Waals surface area (Å²) in [7, 11) is 0. The first kappa shape index (κ1) is 18.1. The Hall–Kier alpha value is -2.29. The van der Waals surface area contributed by atoms with Crippen LogP contribution in [0.3, 0.4) is 0 Å². The molecule has 0 spiro atoms. The van der Waals surface area contributed by atoms with Gasteiger partial charge in [0.2, 0.25) is 5.91 Å². The van der Waals surface area contributed by atoms with E-state index in [-0.39, 0.29) is 11.5 Å². The van der Waals surface area contributed by atoms with Crippen LogP contribution in [0.2, 0.25) is 0 Å². The summed E-state index contributed by atoms with van der Waals surface area (Å²) in [5, 5.41) is 1.89. The predicted octanol–water partition coefficient (Wildman–Crippen LogP) is 3.51. The number of anilines is 2. The van der Waals surface area contributed by atoms with E-state index in [1.807, 2.05) is 0 Å². The van der Waals surface area contributed by atoms with Crippen LogP contribution in [0.1, 0.15) is 18.2 Å². The maximum atomic E-state index is 12.9. The molecule has 1 atom stereocenters. The third kappa shape index (κ3) is 4.60. The number of nitrogens with zero attached hydrogens (tertiary/aromatic N) is 2. The minimum Gasteiger partial charge on any atom is -0.384 e. The number of halogens is 3. The minimum absolute atomic E-state index is 0.264. The summed E-state index contributed by atoms with van der Waals surface area (Å²) in [6.07, 6.45) is -4.55. The lowest BCUT2D eigenvalue weighted by molar-refractivity contribution is -0.137. The molecule has 2 aromatic rings. The van der Waals surface area contributed by atoms with Gasteiger partial charge in [-0.25, -0.2) is 9.97 Å². The van der Waals surface area contributed by atoms with E-state index >= 15 is 0 Å². The van der Waals surface area contributed by atoms with Gasteiger partial charge in [0, 0.05) is 11.8 Å². The van der Waals surface area contributed by atoms with Crippen molar-refractivity contribution < 1.29 is 18.0 Å². The highest BCUT2D eigenvalue weighted by atomic mass is 32.2. The van der Waals surface area contributed by atoms with E-state index in [1.54, 1.807) is 19.9 Å². The fourth-order valence-electron chi connectivity index (χ4n) is 1.90. The molecular formula is C15H15F3N4OS. The van der Waals surface area contributed by atoms with E-state index in [0.717, 1.165) is 17.8 Å². The van der Waals surface area contributed by atoms with Crippen molar-refractivity contribution in [1.82, 2.24) is 9.97 Å². The molecule has 9 heteroatoms. The van der Waals surface area contributed by atoms with Crippen LogP contribution in [-0.4, -0.2) is 21.1 Å². The maximum absolute atomic E-state index is 12.9. The van der Waals surface area contributed by atoms with Gasteiger partial charge in [0.05, 0.1) is 16.5 Å². The Morgan fingerprint density at radius 3 is 2.58 bits per heavy atom. The number of benzene rings is 1. The zero-order valence-corrected chi connectivity index (χ0v) is 13.7. The topological polar surface area (TPSA) is 80.9 Å². The standard InChI is InChI=1S/C15H15F3N4OS/c1-8-7-12(19)22-14(20-8)24-9(2)13(23)21-11-6-4-3-5-10(11)15(16,17)18/h3-7,9H,1-2H3,(H,21,23)(H2,19,20,22). The van der Waals surface area contributed by atoms with E-state index in [1.165, 1.54) is 18.2 Å². The van der Waals surface area contributed by atoms with Crippen LogP contribution >= 0.6 is 11.8 Å². The molecule has 0 radical (unpaired) electrons. The maximum Gasteiger partial charge on any atom is 0.418 e. The number of nitrogens with two attached hydrogens (primary N) is 1. The average molecular weight is 356 g/mol. The molecule has 5 nitrogen and oxygen atoms in total. The number of carbonyl (C=O) groups is 1. The van der Waals surface area contributed by atoms with Crippen molar-refractivity contribution in [3.8, 4) is 0 Å². The Balaban J connectivity index is 2.12. The van der Waals surface area contributed by atoms with Crippen LogP contribution in [0.15, 0.2) is 35.5 Å². The summed E-state index contributed by atoms with van der Waals surface area (Å²) in [6, 6.07) is 6.39. The van der Waals surface area contributed by atoms with E-state index in [0.29, 0.717) is 10.9 Å². The molecule has 1 heterocycles. The number of aryl methyl sites for hydroxylation is 1. The largest absolute Gasteiger partial charge is 0.418 e. The number of nitrogen functional groups attached to an aromatic ring is 1. The number of nitrogens with one attached hydrogen (secondary N) is 1. The second-order valence-electron chi connectivity index (χ2n) is 5.01. The zero-order chi connectivity index (χ0) is 17.9. The molecule has 0 saturated heterocycles. The number of rotatable bonds is 4. The number of hydrogen-bond donors (Lipinski definition) is 2. The molecule has 1 unspecified atom stereocenters. The Morgan fingerprint density at radius 1 is 1.29 bits per heavy atom. The number of alkyl halides is 3. The lowest BCUT2D eigenvalue weighted by Gasteiger charge is -2.16. The highest BCUT2D eigenvalue weighted by molar-refractivity contribution is 8.00. The van der Waals surface area contributed by atoms with Crippen LogP contribution in [0, 0.1) is 6.92 Å². The molecule has 24 heavy (non-hydrogen) atoms. The average Bonchev–Trinajstić information content (AvgIpc) is 2.45. The van der Waals surface area contributed by atoms with Crippen molar-refractivity contribution in [2.45, 2.75) is 30.4 Å². The summed E-state index contributed by atoms with van der Waals surface area (Å²) < 4.78 is 38.8. The first-order chi connectivity index (χ1) is 11.2. The molecule has 0 saturated carbocycles. The van der Waals surface area contributed by atoms with E-state index < -0.39 is 22.9 Å². The van der Waals surface area contributed by atoms with Crippen LogP contribution in [0.25, 0.3) is 0 Å². The molecule has 2 rings (SSSR count). The molecule has 1 aromatic heterocycles. The van der Waals surface area contributed by atoms with E-state index in [9.17, 15) is 18.0 Å². The van der Waals surface area contributed by atoms with Crippen molar-refractivity contribution >= 4 is 29.2 Å². The Labute approximate surface area is 140 Å². The number of amides is 1. The summed E-state index contributed by atoms with van der Waals surface area (Å²) in [5.74, 6) is -0.319. The molecule has 0 aliphatic carbocycles. The van der Waals surface area contributed by atoms with Gasteiger partial charge in [-0.05, 0) is 26.0 Å². The highest BCUT2D eigenvalue weighted by Gasteiger charge is 2.33. The van der Waals surface area contributed by atoms with Gasteiger partial charge >= 0.3 is 6.18 Å². The summed E-state index contributed by atoms with van der Waals surface area (Å²) in [4.78, 5) is 20.3. The van der Waals surface area contributed by atoms with Crippen molar-refractivity contribution in [3.05, 3.63) is 41.6 Å². The van der Waals surface area contributed by atoms with Crippen molar-refractivity contribution in [2.24, 2.45) is 0 Å². The van der Waals surface area contributed by atoms with Crippen LogP contribution in [-0.2, 0) is 11.0 Å². The molecule has 1 aromatic carbocycles. The van der Waals surface area contributed by atoms with Crippen molar-refractivity contribution in [3.63, 3.8) is 0 Å². The second kappa shape index (κ2) is 7.08. The van der Waals surface area contributed by atoms with Crippen LogP contribution in [0.5, 0.6) is 0 Å². The first-order valence-electron chi connectivity index (χ1n) is 6.91. The highest BCUT2D eigenvalue weighted by Crippen LogP contribution is 2.35. The third-order valence-electron chi connectivity index (χ3n) is 3.00. The molecular weight excluding hydrogens is 341 g/mol. The Morgan fingerprint density at radius 2 is 1.96 bits per heavy atom. The Bertz CT molecular complexity index is 731. The minimum atomic E-state index is -4.55. The van der Waals surface area contributed by atoms with E-state index in [2.05, 4.69) is 15.3 Å². The summed E-state index contributed by atoms with van der Waals surface area (Å²) in [6.45, 7) is 3.28. The third-order valence-corrected chi connectivity index (χ3v) is 3.96. The predicted molar refractivity (Wildman–Crippen MR) is 86.6 cm³/mol. The fourth-order valence-corrected chi connectivity index (χ4v) is 2.74. The number of carbonyl (C=O) groups excluding carboxylic acids is 1. The fraction of sp³-hybridized carbons (Fsp3) is 0.267.